The highest BCUT2D eigenvalue weighted by molar-refractivity contribution is 6.06. The van der Waals surface area contributed by atoms with Crippen molar-refractivity contribution in [2.24, 2.45) is 0 Å². The average Bonchev–Trinajstić information content (AvgIpc) is 2.89. The summed E-state index contributed by atoms with van der Waals surface area (Å²) in [5.41, 5.74) is 3.92. The van der Waals surface area contributed by atoms with Gasteiger partial charge in [0.15, 0.2) is 0 Å². The summed E-state index contributed by atoms with van der Waals surface area (Å²) in [6, 6.07) is 13.5. The number of rotatable bonds is 2. The monoisotopic (exact) mass is 318 g/mol. The Morgan fingerprint density at radius 1 is 1.17 bits per heavy atom. The fraction of sp³-hybridized carbons (Fsp3) is 0.200. The van der Waals surface area contributed by atoms with Gasteiger partial charge in [-0.15, -0.1) is 0 Å². The summed E-state index contributed by atoms with van der Waals surface area (Å²) in [7, 11) is 0. The normalized spacial score (nSPS) is 15.7. The number of nitrogens with zero attached hydrogens (tertiary/aromatic N) is 1. The van der Waals surface area contributed by atoms with Crippen LogP contribution in [0.5, 0.6) is 0 Å². The molecule has 4 rings (SSSR count). The molecule has 120 valence electrons. The van der Waals surface area contributed by atoms with Crippen LogP contribution in [0.15, 0.2) is 53.5 Å². The molecule has 2 heterocycles. The average molecular weight is 318 g/mol. The van der Waals surface area contributed by atoms with Gasteiger partial charge in [0, 0.05) is 23.3 Å². The summed E-state index contributed by atoms with van der Waals surface area (Å²) in [5.74, 6) is -0.362. The maximum absolute atomic E-state index is 12.8. The molecule has 4 nitrogen and oxygen atoms in total. The second-order valence-electron chi connectivity index (χ2n) is 6.47. The largest absolute Gasteiger partial charge is 0.343 e. The quantitative estimate of drug-likeness (QED) is 0.783. The molecular weight excluding hydrogens is 300 g/mol. The van der Waals surface area contributed by atoms with E-state index in [1.165, 1.54) is 5.56 Å². The van der Waals surface area contributed by atoms with E-state index in [1.54, 1.807) is 12.3 Å². The van der Waals surface area contributed by atoms with Crippen LogP contribution >= 0.6 is 0 Å². The highest BCUT2D eigenvalue weighted by Gasteiger charge is 2.24. The molecule has 0 fully saturated rings. The Hall–Kier alpha value is -2.88. The lowest BCUT2D eigenvalue weighted by atomic mass is 10.1. The number of anilines is 1. The molecule has 0 radical (unpaired) electrons. The van der Waals surface area contributed by atoms with E-state index in [2.05, 4.69) is 16.8 Å². The molecule has 0 aliphatic carbocycles. The second kappa shape index (κ2) is 5.34. The first kappa shape index (κ1) is 14.7. The molecule has 0 unspecified atom stereocenters. The summed E-state index contributed by atoms with van der Waals surface area (Å²) >= 11 is 0. The van der Waals surface area contributed by atoms with E-state index >= 15 is 0 Å². The van der Waals surface area contributed by atoms with Crippen molar-refractivity contribution in [3.05, 3.63) is 75.6 Å². The predicted molar refractivity (Wildman–Crippen MR) is 95.8 cm³/mol. The van der Waals surface area contributed by atoms with Gasteiger partial charge < -0.3 is 9.88 Å². The van der Waals surface area contributed by atoms with Crippen molar-refractivity contribution in [3.63, 3.8) is 0 Å². The third kappa shape index (κ3) is 2.22. The van der Waals surface area contributed by atoms with Crippen LogP contribution in [0.1, 0.15) is 34.5 Å². The third-order valence-electron chi connectivity index (χ3n) is 4.68. The first-order chi connectivity index (χ1) is 11.5. The van der Waals surface area contributed by atoms with Gasteiger partial charge in [-0.05, 0) is 44.0 Å². The molecule has 24 heavy (non-hydrogen) atoms. The Morgan fingerprint density at radius 2 is 1.92 bits per heavy atom. The van der Waals surface area contributed by atoms with Crippen molar-refractivity contribution in [2.45, 2.75) is 26.3 Å². The minimum atomic E-state index is -0.362. The van der Waals surface area contributed by atoms with Gasteiger partial charge in [-0.2, -0.15) is 0 Å². The molecule has 1 N–H and O–H groups in total. The van der Waals surface area contributed by atoms with Gasteiger partial charge in [-0.3, -0.25) is 9.59 Å². The zero-order chi connectivity index (χ0) is 16.8. The van der Waals surface area contributed by atoms with Gasteiger partial charge in [-0.25, -0.2) is 0 Å². The van der Waals surface area contributed by atoms with Gasteiger partial charge in [0.05, 0.1) is 5.52 Å². The van der Waals surface area contributed by atoms with Gasteiger partial charge in [0.1, 0.15) is 5.56 Å². The number of aryl methyl sites for hydroxylation is 1. The van der Waals surface area contributed by atoms with Crippen LogP contribution in [0.25, 0.3) is 10.9 Å². The third-order valence-corrected chi connectivity index (χ3v) is 4.68. The standard InChI is InChI=1S/C20H18N2O2/c1-12-6-8-15(9-7-12)21-20(24)17-11-22-13(2)10-14-4-3-5-16(18(14)22)19(17)23/h3-9,11,13H,10H2,1-2H3,(H,21,24)/t13-/m0/s1. The maximum Gasteiger partial charge on any atom is 0.261 e. The Balaban J connectivity index is 1.81. The van der Waals surface area contributed by atoms with Crippen molar-refractivity contribution in [3.8, 4) is 0 Å². The van der Waals surface area contributed by atoms with Gasteiger partial charge >= 0.3 is 0 Å². The molecule has 1 aliphatic rings. The highest BCUT2D eigenvalue weighted by atomic mass is 16.2. The number of nitrogens with one attached hydrogen (secondary N) is 1. The first-order valence-electron chi connectivity index (χ1n) is 8.09. The molecule has 0 saturated heterocycles. The number of benzene rings is 2. The lowest BCUT2D eigenvalue weighted by molar-refractivity contribution is 0.102. The van der Waals surface area contributed by atoms with E-state index in [1.807, 2.05) is 43.3 Å². The molecule has 1 aliphatic heterocycles. The number of hydrogen-bond acceptors (Lipinski definition) is 2. The number of aromatic nitrogens is 1. The maximum atomic E-state index is 12.8. The number of carbonyl (C=O) groups is 1. The van der Waals surface area contributed by atoms with E-state index in [4.69, 9.17) is 0 Å². The second-order valence-corrected chi connectivity index (χ2v) is 6.47. The van der Waals surface area contributed by atoms with Gasteiger partial charge in [-0.1, -0.05) is 29.8 Å². The van der Waals surface area contributed by atoms with E-state index in [0.29, 0.717) is 11.1 Å². The van der Waals surface area contributed by atoms with Gasteiger partial charge in [0.25, 0.3) is 5.91 Å². The van der Waals surface area contributed by atoms with Crippen LogP contribution in [-0.2, 0) is 6.42 Å². The van der Waals surface area contributed by atoms with Crippen LogP contribution in [0, 0.1) is 6.92 Å². The molecule has 4 heteroatoms. The van der Waals surface area contributed by atoms with Crippen LogP contribution in [0.2, 0.25) is 0 Å². The zero-order valence-electron chi connectivity index (χ0n) is 13.7. The lowest BCUT2D eigenvalue weighted by Crippen LogP contribution is -2.23. The molecule has 0 spiro atoms. The Bertz CT molecular complexity index is 1020. The molecule has 1 amide bonds. The van der Waals surface area contributed by atoms with Crippen molar-refractivity contribution in [1.29, 1.82) is 0 Å². The molecule has 1 atom stereocenters. The van der Waals surface area contributed by atoms with Crippen LogP contribution in [0.3, 0.4) is 0 Å². The van der Waals surface area contributed by atoms with Crippen molar-refractivity contribution < 1.29 is 4.79 Å². The zero-order valence-corrected chi connectivity index (χ0v) is 13.7. The number of hydrogen-bond donors (Lipinski definition) is 1. The predicted octanol–water partition coefficient (Wildman–Crippen LogP) is 3.68. The van der Waals surface area contributed by atoms with Crippen LogP contribution in [0.4, 0.5) is 5.69 Å². The summed E-state index contributed by atoms with van der Waals surface area (Å²) in [6.07, 6.45) is 2.59. The summed E-state index contributed by atoms with van der Waals surface area (Å²) in [4.78, 5) is 25.4. The van der Waals surface area contributed by atoms with Crippen molar-refractivity contribution >= 4 is 22.5 Å². The Labute approximate surface area is 139 Å². The molecule has 3 aromatic rings. The summed E-state index contributed by atoms with van der Waals surface area (Å²) in [6.45, 7) is 4.09. The summed E-state index contributed by atoms with van der Waals surface area (Å²) in [5, 5.41) is 3.44. The highest BCUT2D eigenvalue weighted by Crippen LogP contribution is 2.30. The lowest BCUT2D eigenvalue weighted by Gasteiger charge is -2.12. The van der Waals surface area contributed by atoms with E-state index in [-0.39, 0.29) is 22.9 Å². The molecule has 1 aromatic heterocycles. The molecule has 0 saturated carbocycles. The van der Waals surface area contributed by atoms with Crippen LogP contribution in [-0.4, -0.2) is 10.5 Å². The number of carbonyl (C=O) groups excluding carboxylic acids is 1. The Kier molecular flexibility index (Phi) is 3.27. The first-order valence-corrected chi connectivity index (χ1v) is 8.09. The number of para-hydroxylation sites is 1. The minimum Gasteiger partial charge on any atom is -0.343 e. The van der Waals surface area contributed by atoms with E-state index in [0.717, 1.165) is 17.5 Å². The molecular formula is C20H18N2O2. The SMILES string of the molecule is Cc1ccc(NC(=O)c2cn3c4c(cccc4c2=O)C[C@@H]3C)cc1. The van der Waals surface area contributed by atoms with Crippen LogP contribution < -0.4 is 10.7 Å². The number of amides is 1. The topological polar surface area (TPSA) is 51.1 Å². The fourth-order valence-electron chi connectivity index (χ4n) is 3.41. The van der Waals surface area contributed by atoms with E-state index < -0.39 is 0 Å². The fourth-order valence-corrected chi connectivity index (χ4v) is 3.41. The smallest absolute Gasteiger partial charge is 0.261 e. The van der Waals surface area contributed by atoms with Gasteiger partial charge in [0.2, 0.25) is 5.43 Å². The molecule has 2 aromatic carbocycles. The van der Waals surface area contributed by atoms with Crippen molar-refractivity contribution in [2.75, 3.05) is 5.32 Å². The minimum absolute atomic E-state index is 0.189. The van der Waals surface area contributed by atoms with E-state index in [9.17, 15) is 9.59 Å². The van der Waals surface area contributed by atoms with Crippen molar-refractivity contribution in [1.82, 2.24) is 4.57 Å². The number of pyridine rings is 1. The summed E-state index contributed by atoms with van der Waals surface area (Å²) < 4.78 is 2.05. The Morgan fingerprint density at radius 3 is 2.67 bits per heavy atom. The molecule has 0 bridgehead atoms.